The van der Waals surface area contributed by atoms with Gasteiger partial charge in [-0.2, -0.15) is 0 Å². The van der Waals surface area contributed by atoms with Crippen molar-refractivity contribution in [2.24, 2.45) is 0 Å². The maximum absolute atomic E-state index is 12.4. The maximum Gasteiger partial charge on any atom is 0.269 e. The van der Waals surface area contributed by atoms with E-state index in [0.29, 0.717) is 22.1 Å². The highest BCUT2D eigenvalue weighted by Crippen LogP contribution is 2.22. The van der Waals surface area contributed by atoms with Crippen LogP contribution in [0.1, 0.15) is 36.8 Å². The molecule has 0 aliphatic rings. The molecule has 0 fully saturated rings. The van der Waals surface area contributed by atoms with Crippen LogP contribution in [-0.4, -0.2) is 29.8 Å². The molecule has 158 valence electrons. The van der Waals surface area contributed by atoms with Gasteiger partial charge in [0, 0.05) is 35.5 Å². The first kappa shape index (κ1) is 21.8. The Labute approximate surface area is 183 Å². The molecule has 0 unspecified atom stereocenters. The Hall–Kier alpha value is -3.91. The van der Waals surface area contributed by atoms with Crippen LogP contribution in [0.15, 0.2) is 60.8 Å². The van der Waals surface area contributed by atoms with Crippen LogP contribution in [0, 0.1) is 6.92 Å². The summed E-state index contributed by atoms with van der Waals surface area (Å²) in [4.78, 5) is 40.3. The lowest BCUT2D eigenvalue weighted by Gasteiger charge is -2.10. The van der Waals surface area contributed by atoms with Crippen molar-refractivity contribution >= 4 is 29.3 Å². The van der Waals surface area contributed by atoms with E-state index in [4.69, 9.17) is 16.3 Å². The highest BCUT2D eigenvalue weighted by Gasteiger charge is 2.12. The number of aromatic nitrogens is 1. The summed E-state index contributed by atoms with van der Waals surface area (Å²) >= 11 is 6.03. The number of amides is 3. The second-order valence-corrected chi connectivity index (χ2v) is 6.87. The average Bonchev–Trinajstić information content (AvgIpc) is 2.78. The number of carbonyl (C=O) groups excluding carboxylic acids is 3. The minimum atomic E-state index is -0.530. The van der Waals surface area contributed by atoms with Crippen LogP contribution in [0.25, 0.3) is 0 Å². The van der Waals surface area contributed by atoms with E-state index in [-0.39, 0.29) is 17.2 Å². The molecule has 3 rings (SSSR count). The van der Waals surface area contributed by atoms with Crippen LogP contribution < -0.4 is 20.9 Å². The normalized spacial score (nSPS) is 10.2. The van der Waals surface area contributed by atoms with Gasteiger partial charge in [-0.1, -0.05) is 23.7 Å². The number of aryl methyl sites for hydroxylation is 1. The number of rotatable bonds is 5. The summed E-state index contributed by atoms with van der Waals surface area (Å²) in [5, 5.41) is 2.94. The molecule has 0 atom stereocenters. The van der Waals surface area contributed by atoms with Gasteiger partial charge in [-0.05, 0) is 48.9 Å². The van der Waals surface area contributed by atoms with Crippen molar-refractivity contribution < 1.29 is 19.1 Å². The molecule has 3 amide bonds. The molecule has 8 nitrogen and oxygen atoms in total. The summed E-state index contributed by atoms with van der Waals surface area (Å²) in [7, 11) is 1.51. The van der Waals surface area contributed by atoms with Crippen molar-refractivity contribution in [2.75, 3.05) is 7.05 Å². The minimum Gasteiger partial charge on any atom is -0.457 e. The fourth-order valence-corrected chi connectivity index (χ4v) is 2.74. The van der Waals surface area contributed by atoms with Gasteiger partial charge in [0.25, 0.3) is 17.7 Å². The van der Waals surface area contributed by atoms with Gasteiger partial charge >= 0.3 is 0 Å². The number of carbonyl (C=O) groups is 3. The van der Waals surface area contributed by atoms with E-state index in [9.17, 15) is 14.4 Å². The zero-order valence-electron chi connectivity index (χ0n) is 16.7. The number of hydrogen-bond donors (Lipinski definition) is 3. The van der Waals surface area contributed by atoms with Crippen LogP contribution in [0.5, 0.6) is 11.5 Å². The van der Waals surface area contributed by atoms with Crippen molar-refractivity contribution in [2.45, 2.75) is 6.92 Å². The molecule has 0 spiro atoms. The second kappa shape index (κ2) is 9.73. The molecular weight excluding hydrogens is 420 g/mol. The topological polar surface area (TPSA) is 109 Å². The molecule has 31 heavy (non-hydrogen) atoms. The predicted molar refractivity (Wildman–Crippen MR) is 115 cm³/mol. The van der Waals surface area contributed by atoms with E-state index >= 15 is 0 Å². The van der Waals surface area contributed by atoms with Gasteiger partial charge in [0.1, 0.15) is 17.2 Å². The van der Waals surface area contributed by atoms with E-state index in [1.807, 2.05) is 6.92 Å². The maximum atomic E-state index is 12.4. The predicted octanol–water partition coefficient (Wildman–Crippen LogP) is 3.27. The molecule has 9 heteroatoms. The van der Waals surface area contributed by atoms with Gasteiger partial charge in [-0.25, -0.2) is 0 Å². The molecule has 0 aliphatic carbocycles. The number of hydrazine groups is 1. The number of nitrogens with one attached hydrogen (secondary N) is 3. The molecular formula is C22H19ClN4O4. The summed E-state index contributed by atoms with van der Waals surface area (Å²) in [6, 6.07) is 14.3. The zero-order valence-corrected chi connectivity index (χ0v) is 17.5. The monoisotopic (exact) mass is 438 g/mol. The largest absolute Gasteiger partial charge is 0.457 e. The lowest BCUT2D eigenvalue weighted by atomic mass is 10.1. The molecule has 0 bridgehead atoms. The molecule has 1 aromatic heterocycles. The molecule has 2 aromatic carbocycles. The van der Waals surface area contributed by atoms with Crippen LogP contribution >= 0.6 is 11.6 Å². The van der Waals surface area contributed by atoms with Gasteiger partial charge in [0.2, 0.25) is 0 Å². The van der Waals surface area contributed by atoms with Crippen molar-refractivity contribution in [3.05, 3.63) is 88.2 Å². The molecule has 1 heterocycles. The summed E-state index contributed by atoms with van der Waals surface area (Å²) in [5.41, 5.74) is 6.33. The van der Waals surface area contributed by atoms with Crippen molar-refractivity contribution in [1.29, 1.82) is 0 Å². The summed E-state index contributed by atoms with van der Waals surface area (Å²) in [5.74, 6) is -0.614. The van der Waals surface area contributed by atoms with E-state index in [1.165, 1.54) is 31.4 Å². The third-order valence-corrected chi connectivity index (χ3v) is 4.65. The fourth-order valence-electron chi connectivity index (χ4n) is 2.56. The molecule has 0 saturated heterocycles. The first-order valence-electron chi connectivity index (χ1n) is 9.20. The molecule has 0 aliphatic heterocycles. The SMILES string of the molecule is CNC(=O)c1cc(Oc2cccc(C(=O)NNC(=O)c3ccc(C)c(Cl)c3)c2)ccn1. The van der Waals surface area contributed by atoms with Crippen molar-refractivity contribution in [1.82, 2.24) is 21.2 Å². The number of nitrogens with zero attached hydrogens (tertiary/aromatic N) is 1. The zero-order chi connectivity index (χ0) is 22.4. The average molecular weight is 439 g/mol. The Morgan fingerprint density at radius 2 is 1.55 bits per heavy atom. The third-order valence-electron chi connectivity index (χ3n) is 4.25. The lowest BCUT2D eigenvalue weighted by molar-refractivity contribution is 0.0846. The number of halogens is 1. The fraction of sp³-hybridized carbons (Fsp3) is 0.0909. The third kappa shape index (κ3) is 5.58. The van der Waals surface area contributed by atoms with Gasteiger partial charge in [-0.3, -0.25) is 30.2 Å². The number of hydrogen-bond acceptors (Lipinski definition) is 5. The van der Waals surface area contributed by atoms with Crippen LogP contribution in [-0.2, 0) is 0 Å². The van der Waals surface area contributed by atoms with Crippen LogP contribution in [0.3, 0.4) is 0 Å². The summed E-state index contributed by atoms with van der Waals surface area (Å²) in [6.45, 7) is 1.83. The standard InChI is InChI=1S/C22H19ClN4O4/c1-13-6-7-15(11-18(13)23)21(29)27-26-20(28)14-4-3-5-16(10-14)31-17-8-9-25-19(12-17)22(30)24-2/h3-12H,1-2H3,(H,24,30)(H,26,28)(H,27,29). The van der Waals surface area contributed by atoms with Crippen LogP contribution in [0.2, 0.25) is 5.02 Å². The van der Waals surface area contributed by atoms with Crippen molar-refractivity contribution in [3.63, 3.8) is 0 Å². The number of pyridine rings is 1. The van der Waals surface area contributed by atoms with Gasteiger partial charge in [0.15, 0.2) is 0 Å². The first-order chi connectivity index (χ1) is 14.9. The second-order valence-electron chi connectivity index (χ2n) is 6.46. The summed E-state index contributed by atoms with van der Waals surface area (Å²) in [6.07, 6.45) is 1.45. The highest BCUT2D eigenvalue weighted by atomic mass is 35.5. The smallest absolute Gasteiger partial charge is 0.269 e. The Kier molecular flexibility index (Phi) is 6.84. The summed E-state index contributed by atoms with van der Waals surface area (Å²) < 4.78 is 5.72. The van der Waals surface area contributed by atoms with Crippen LogP contribution in [0.4, 0.5) is 0 Å². The van der Waals surface area contributed by atoms with E-state index in [1.54, 1.807) is 36.4 Å². The Morgan fingerprint density at radius 1 is 0.871 bits per heavy atom. The van der Waals surface area contributed by atoms with E-state index in [0.717, 1.165) is 5.56 Å². The number of ether oxygens (including phenoxy) is 1. The highest BCUT2D eigenvalue weighted by molar-refractivity contribution is 6.31. The van der Waals surface area contributed by atoms with E-state index < -0.39 is 11.8 Å². The first-order valence-corrected chi connectivity index (χ1v) is 9.58. The van der Waals surface area contributed by atoms with Gasteiger partial charge in [0.05, 0.1) is 0 Å². The molecule has 0 saturated carbocycles. The molecule has 3 N–H and O–H groups in total. The molecule has 0 radical (unpaired) electrons. The van der Waals surface area contributed by atoms with Crippen molar-refractivity contribution in [3.8, 4) is 11.5 Å². The number of benzene rings is 2. The van der Waals surface area contributed by atoms with Gasteiger partial charge < -0.3 is 10.1 Å². The Bertz CT molecular complexity index is 1150. The Balaban J connectivity index is 1.65. The van der Waals surface area contributed by atoms with E-state index in [2.05, 4.69) is 21.2 Å². The Morgan fingerprint density at radius 3 is 2.23 bits per heavy atom. The molecule has 3 aromatic rings. The lowest BCUT2D eigenvalue weighted by Crippen LogP contribution is -2.41. The van der Waals surface area contributed by atoms with Gasteiger partial charge in [-0.15, -0.1) is 0 Å². The quantitative estimate of drug-likeness (QED) is 0.530. The minimum absolute atomic E-state index is 0.202.